The largest absolute Gasteiger partial charge is 0.480 e. The Morgan fingerprint density at radius 3 is 2.97 bits per heavy atom. The van der Waals surface area contributed by atoms with E-state index in [1.54, 1.807) is 0 Å². The molecule has 0 spiro atoms. The third-order valence-electron chi connectivity index (χ3n) is 8.11. The van der Waals surface area contributed by atoms with E-state index in [2.05, 4.69) is 17.4 Å². The van der Waals surface area contributed by atoms with E-state index < -0.39 is 23.8 Å². The summed E-state index contributed by atoms with van der Waals surface area (Å²) < 4.78 is 26.6. The van der Waals surface area contributed by atoms with Gasteiger partial charge in [0.05, 0.1) is 18.8 Å². The number of aryl methyl sites for hydroxylation is 2. The summed E-state index contributed by atoms with van der Waals surface area (Å²) in [6, 6.07) is 9.27. The highest BCUT2D eigenvalue weighted by Gasteiger charge is 2.39. The van der Waals surface area contributed by atoms with Gasteiger partial charge in [0.25, 0.3) is 0 Å². The molecule has 0 amide bonds. The van der Waals surface area contributed by atoms with Crippen LogP contribution in [0.1, 0.15) is 73.5 Å². The van der Waals surface area contributed by atoms with Gasteiger partial charge in [-0.2, -0.15) is 0 Å². The number of hydrogen-bond acceptors (Lipinski definition) is 6. The Balaban J connectivity index is 1.14. The number of hydrogen-bond donors (Lipinski definition) is 2. The van der Waals surface area contributed by atoms with E-state index in [1.165, 1.54) is 19.4 Å². The molecule has 3 aliphatic heterocycles. The molecule has 38 heavy (non-hydrogen) atoms. The van der Waals surface area contributed by atoms with Gasteiger partial charge in [0.1, 0.15) is 17.5 Å². The van der Waals surface area contributed by atoms with E-state index in [-0.39, 0.29) is 6.10 Å². The van der Waals surface area contributed by atoms with Gasteiger partial charge in [0, 0.05) is 38.4 Å². The third-order valence-corrected chi connectivity index (χ3v) is 8.11. The highest BCUT2D eigenvalue weighted by atomic mass is 19.1. The SMILES string of the molecule is CC(C)(F)C1Cc2c(cccc2[C@H](C(=O)O)N2CC[C@@H](OCCCCc3ccc4c(n3)NCCC4)C2)CO1. The summed E-state index contributed by atoms with van der Waals surface area (Å²) >= 11 is 0. The minimum atomic E-state index is -1.50. The molecule has 0 aliphatic carbocycles. The smallest absolute Gasteiger partial charge is 0.325 e. The number of halogens is 1. The number of ether oxygens (including phenoxy) is 2. The van der Waals surface area contributed by atoms with Crippen molar-refractivity contribution in [1.82, 2.24) is 9.88 Å². The molecule has 3 atom stereocenters. The van der Waals surface area contributed by atoms with Crippen LogP contribution in [-0.2, 0) is 40.1 Å². The van der Waals surface area contributed by atoms with Crippen molar-refractivity contribution in [3.8, 4) is 0 Å². The number of anilines is 1. The molecule has 0 saturated carbocycles. The number of carboxylic acid groups (broad SMARTS) is 1. The van der Waals surface area contributed by atoms with Crippen LogP contribution in [-0.4, -0.2) is 65.1 Å². The van der Waals surface area contributed by atoms with Crippen molar-refractivity contribution in [2.24, 2.45) is 0 Å². The highest BCUT2D eigenvalue weighted by Crippen LogP contribution is 2.36. The molecular formula is C30H40FN3O4. The van der Waals surface area contributed by atoms with Crippen molar-refractivity contribution < 1.29 is 23.8 Å². The lowest BCUT2D eigenvalue weighted by molar-refractivity contribution is -0.143. The first-order valence-corrected chi connectivity index (χ1v) is 14.0. The van der Waals surface area contributed by atoms with Gasteiger partial charge in [-0.05, 0) is 80.7 Å². The number of nitrogens with zero attached hydrogens (tertiary/aromatic N) is 2. The van der Waals surface area contributed by atoms with Gasteiger partial charge in [0.15, 0.2) is 0 Å². The molecular weight excluding hydrogens is 485 g/mol. The lowest BCUT2D eigenvalue weighted by Gasteiger charge is -2.35. The summed E-state index contributed by atoms with van der Waals surface area (Å²) in [5, 5.41) is 13.6. The fourth-order valence-electron chi connectivity index (χ4n) is 5.95. The highest BCUT2D eigenvalue weighted by molar-refractivity contribution is 5.76. The van der Waals surface area contributed by atoms with Crippen LogP contribution in [0.4, 0.5) is 10.2 Å². The number of rotatable bonds is 10. The van der Waals surface area contributed by atoms with E-state index in [4.69, 9.17) is 14.5 Å². The summed E-state index contributed by atoms with van der Waals surface area (Å²) in [5.41, 5.74) is 3.54. The summed E-state index contributed by atoms with van der Waals surface area (Å²) in [7, 11) is 0. The van der Waals surface area contributed by atoms with E-state index in [9.17, 15) is 14.3 Å². The Morgan fingerprint density at radius 2 is 2.16 bits per heavy atom. The van der Waals surface area contributed by atoms with Crippen molar-refractivity contribution in [2.75, 3.05) is 31.6 Å². The number of fused-ring (bicyclic) bond motifs is 2. The van der Waals surface area contributed by atoms with Crippen LogP contribution < -0.4 is 5.32 Å². The number of pyridine rings is 1. The molecule has 8 heteroatoms. The Morgan fingerprint density at radius 1 is 1.29 bits per heavy atom. The molecule has 1 aromatic heterocycles. The number of carbonyl (C=O) groups is 1. The first-order chi connectivity index (χ1) is 18.3. The maximum Gasteiger partial charge on any atom is 0.325 e. The molecule has 206 valence electrons. The van der Waals surface area contributed by atoms with Gasteiger partial charge in [-0.15, -0.1) is 0 Å². The number of benzene rings is 1. The molecule has 7 nitrogen and oxygen atoms in total. The minimum Gasteiger partial charge on any atom is -0.480 e. The van der Waals surface area contributed by atoms with Gasteiger partial charge in [-0.1, -0.05) is 24.3 Å². The minimum absolute atomic E-state index is 0.0170. The van der Waals surface area contributed by atoms with Crippen molar-refractivity contribution >= 4 is 11.8 Å². The van der Waals surface area contributed by atoms with Gasteiger partial charge in [-0.3, -0.25) is 9.69 Å². The Labute approximate surface area is 224 Å². The van der Waals surface area contributed by atoms with Crippen LogP contribution in [0.5, 0.6) is 0 Å². The first-order valence-electron chi connectivity index (χ1n) is 14.0. The molecule has 2 N–H and O–H groups in total. The fraction of sp³-hybridized carbons (Fsp3) is 0.600. The van der Waals surface area contributed by atoms with Gasteiger partial charge < -0.3 is 19.9 Å². The van der Waals surface area contributed by atoms with Gasteiger partial charge in [-0.25, -0.2) is 9.37 Å². The number of carboxylic acids is 1. The standard InChI is InChI=1S/C30H40FN3O4/c1-30(2,31)26-17-25-21(19-38-26)7-5-10-24(25)27(29(35)36)34-15-13-23(18-34)37-16-4-3-9-22-12-11-20-8-6-14-32-28(20)33-22/h5,7,10-12,23,26-27H,3-4,6,8-9,13-19H2,1-2H3,(H,32,33)(H,35,36)/t23-,26?,27-/m1/s1. The molecule has 1 aromatic carbocycles. The zero-order valence-electron chi connectivity index (χ0n) is 22.5. The number of alkyl halides is 1. The average Bonchev–Trinajstić information content (AvgIpc) is 3.36. The van der Waals surface area contributed by atoms with E-state index in [1.807, 2.05) is 23.1 Å². The number of nitrogens with one attached hydrogen (secondary N) is 1. The second-order valence-electron chi connectivity index (χ2n) is 11.4. The van der Waals surface area contributed by atoms with Gasteiger partial charge in [0.2, 0.25) is 0 Å². The zero-order chi connectivity index (χ0) is 26.7. The number of aromatic nitrogens is 1. The van der Waals surface area contributed by atoms with Gasteiger partial charge >= 0.3 is 5.97 Å². The fourth-order valence-corrected chi connectivity index (χ4v) is 5.95. The summed E-state index contributed by atoms with van der Waals surface area (Å²) in [5.74, 6) is 0.161. The molecule has 1 unspecified atom stereocenters. The van der Waals surface area contributed by atoms with Crippen molar-refractivity contribution in [3.63, 3.8) is 0 Å². The van der Waals surface area contributed by atoms with E-state index in [0.717, 1.165) is 73.3 Å². The van der Waals surface area contributed by atoms with Crippen LogP contribution in [0.2, 0.25) is 0 Å². The number of aliphatic carboxylic acids is 1. The van der Waals surface area contributed by atoms with Crippen molar-refractivity contribution in [3.05, 3.63) is 58.3 Å². The normalized spacial score (nSPS) is 22.4. The van der Waals surface area contributed by atoms with Crippen LogP contribution in [0.25, 0.3) is 0 Å². The topological polar surface area (TPSA) is 83.9 Å². The number of likely N-dealkylation sites (tertiary alicyclic amines) is 1. The molecule has 1 fully saturated rings. The van der Waals surface area contributed by atoms with E-state index >= 15 is 0 Å². The lowest BCUT2D eigenvalue weighted by atomic mass is 9.86. The predicted octanol–water partition coefficient (Wildman–Crippen LogP) is 4.87. The predicted molar refractivity (Wildman–Crippen MR) is 144 cm³/mol. The molecule has 0 bridgehead atoms. The Kier molecular flexibility index (Phi) is 8.31. The summed E-state index contributed by atoms with van der Waals surface area (Å²) in [6.07, 6.45) is 5.75. The van der Waals surface area contributed by atoms with Crippen LogP contribution in [0, 0.1) is 0 Å². The summed E-state index contributed by atoms with van der Waals surface area (Å²) in [6.45, 7) is 6.22. The Bertz CT molecular complexity index is 1130. The van der Waals surface area contributed by atoms with Crippen molar-refractivity contribution in [1.29, 1.82) is 0 Å². The molecule has 2 aromatic rings. The summed E-state index contributed by atoms with van der Waals surface area (Å²) in [4.78, 5) is 19.2. The van der Waals surface area contributed by atoms with Crippen molar-refractivity contribution in [2.45, 2.75) is 89.3 Å². The number of unbranched alkanes of at least 4 members (excludes halogenated alkanes) is 1. The maximum atomic E-state index is 14.7. The van der Waals surface area contributed by atoms with Crippen LogP contribution in [0.15, 0.2) is 30.3 Å². The molecule has 1 saturated heterocycles. The van der Waals surface area contributed by atoms with E-state index in [0.29, 0.717) is 32.7 Å². The second-order valence-corrected chi connectivity index (χ2v) is 11.4. The van der Waals surface area contributed by atoms with Crippen LogP contribution in [0.3, 0.4) is 0 Å². The first kappa shape index (κ1) is 27.0. The third kappa shape index (κ3) is 6.19. The average molecular weight is 526 g/mol. The second kappa shape index (κ2) is 11.7. The monoisotopic (exact) mass is 525 g/mol. The maximum absolute atomic E-state index is 14.7. The Hall–Kier alpha value is -2.55. The molecule has 3 aliphatic rings. The lowest BCUT2D eigenvalue weighted by Crippen LogP contribution is -2.40. The quantitative estimate of drug-likeness (QED) is 0.428. The zero-order valence-corrected chi connectivity index (χ0v) is 22.5. The molecule has 4 heterocycles. The van der Waals surface area contributed by atoms with Crippen LogP contribution >= 0.6 is 0 Å². The molecule has 0 radical (unpaired) electrons. The molecule has 5 rings (SSSR count).